The number of fused-ring (bicyclic) bond motifs is 1. The highest BCUT2D eigenvalue weighted by Gasteiger charge is 2.08. The first-order valence-electron chi connectivity index (χ1n) is 5.11. The highest BCUT2D eigenvalue weighted by Crippen LogP contribution is 2.31. The van der Waals surface area contributed by atoms with E-state index < -0.39 is 0 Å². The molecule has 0 aliphatic rings. The zero-order chi connectivity index (χ0) is 11.7. The van der Waals surface area contributed by atoms with Crippen molar-refractivity contribution in [3.05, 3.63) is 28.9 Å². The number of hydrogen-bond donors (Lipinski definition) is 1. The van der Waals surface area contributed by atoms with E-state index in [2.05, 4.69) is 4.98 Å². The van der Waals surface area contributed by atoms with Gasteiger partial charge in [0.1, 0.15) is 5.75 Å². The Hall–Kier alpha value is -1.48. The Bertz CT molecular complexity index is 540. The quantitative estimate of drug-likeness (QED) is 0.871. The molecule has 0 unspecified atom stereocenters. The molecular formula is C12H13ClN2O. The molecule has 1 aromatic heterocycles. The summed E-state index contributed by atoms with van der Waals surface area (Å²) in [6.45, 7) is 4.40. The van der Waals surface area contributed by atoms with Gasteiger partial charge < -0.3 is 10.5 Å². The van der Waals surface area contributed by atoms with Gasteiger partial charge in [0.15, 0.2) is 0 Å². The lowest BCUT2D eigenvalue weighted by Crippen LogP contribution is -1.96. The SMILES string of the molecule is CCOc1ccc2nc(C)c(Cl)c(N)c2c1. The summed E-state index contributed by atoms with van der Waals surface area (Å²) in [4.78, 5) is 4.37. The molecule has 3 nitrogen and oxygen atoms in total. The molecule has 0 saturated heterocycles. The van der Waals surface area contributed by atoms with Crippen LogP contribution in [0.2, 0.25) is 5.02 Å². The standard InChI is InChI=1S/C12H13ClN2O/c1-3-16-8-4-5-10-9(6-8)12(14)11(13)7(2)15-10/h4-6H,3H2,1-2H3,(H2,14,15). The minimum absolute atomic E-state index is 0.515. The molecule has 0 aliphatic heterocycles. The van der Waals surface area contributed by atoms with Crippen molar-refractivity contribution in [1.82, 2.24) is 4.98 Å². The van der Waals surface area contributed by atoms with Crippen molar-refractivity contribution < 1.29 is 4.74 Å². The lowest BCUT2D eigenvalue weighted by Gasteiger charge is -2.09. The molecule has 0 bridgehead atoms. The number of aryl methyl sites for hydroxylation is 1. The molecule has 1 aromatic carbocycles. The Morgan fingerprint density at radius 1 is 1.44 bits per heavy atom. The van der Waals surface area contributed by atoms with Crippen molar-refractivity contribution in [2.45, 2.75) is 13.8 Å². The highest BCUT2D eigenvalue weighted by atomic mass is 35.5. The number of benzene rings is 1. The lowest BCUT2D eigenvalue weighted by molar-refractivity contribution is 0.340. The van der Waals surface area contributed by atoms with Crippen LogP contribution in [0, 0.1) is 6.92 Å². The molecule has 4 heteroatoms. The van der Waals surface area contributed by atoms with Gasteiger partial charge in [-0.25, -0.2) is 0 Å². The fourth-order valence-corrected chi connectivity index (χ4v) is 1.77. The number of rotatable bonds is 2. The molecule has 0 fully saturated rings. The average molecular weight is 237 g/mol. The molecule has 2 N–H and O–H groups in total. The van der Waals surface area contributed by atoms with Gasteiger partial charge in [0, 0.05) is 5.39 Å². The summed E-state index contributed by atoms with van der Waals surface area (Å²) >= 11 is 6.06. The third kappa shape index (κ3) is 1.78. The second-order valence-corrected chi connectivity index (χ2v) is 3.91. The van der Waals surface area contributed by atoms with E-state index in [-0.39, 0.29) is 0 Å². The lowest BCUT2D eigenvalue weighted by atomic mass is 10.1. The summed E-state index contributed by atoms with van der Waals surface area (Å²) in [5.41, 5.74) is 8.10. The molecule has 2 rings (SSSR count). The van der Waals surface area contributed by atoms with E-state index in [9.17, 15) is 0 Å². The number of nitrogen functional groups attached to an aromatic ring is 1. The number of nitrogens with zero attached hydrogens (tertiary/aromatic N) is 1. The van der Waals surface area contributed by atoms with Gasteiger partial charge in [0.05, 0.1) is 28.5 Å². The van der Waals surface area contributed by atoms with E-state index in [4.69, 9.17) is 22.1 Å². The van der Waals surface area contributed by atoms with E-state index >= 15 is 0 Å². The van der Waals surface area contributed by atoms with Crippen LogP contribution in [0.3, 0.4) is 0 Å². The maximum absolute atomic E-state index is 6.06. The van der Waals surface area contributed by atoms with Gasteiger partial charge in [0.2, 0.25) is 0 Å². The number of halogens is 1. The number of ether oxygens (including phenoxy) is 1. The van der Waals surface area contributed by atoms with Gasteiger partial charge in [-0.3, -0.25) is 4.98 Å². The minimum atomic E-state index is 0.515. The highest BCUT2D eigenvalue weighted by molar-refractivity contribution is 6.35. The molecule has 0 amide bonds. The van der Waals surface area contributed by atoms with Crippen LogP contribution in [0.5, 0.6) is 5.75 Å². The van der Waals surface area contributed by atoms with E-state index in [1.54, 1.807) is 0 Å². The van der Waals surface area contributed by atoms with E-state index in [1.807, 2.05) is 32.0 Å². The van der Waals surface area contributed by atoms with Crippen LogP contribution in [0.1, 0.15) is 12.6 Å². The summed E-state index contributed by atoms with van der Waals surface area (Å²) < 4.78 is 5.41. The molecule has 2 aromatic rings. The first-order valence-corrected chi connectivity index (χ1v) is 5.49. The maximum atomic E-state index is 6.06. The molecular weight excluding hydrogens is 224 g/mol. The Morgan fingerprint density at radius 2 is 2.19 bits per heavy atom. The predicted octanol–water partition coefficient (Wildman–Crippen LogP) is 3.18. The zero-order valence-electron chi connectivity index (χ0n) is 9.25. The van der Waals surface area contributed by atoms with Gasteiger partial charge in [-0.1, -0.05) is 11.6 Å². The van der Waals surface area contributed by atoms with Crippen molar-refractivity contribution in [2.75, 3.05) is 12.3 Å². The maximum Gasteiger partial charge on any atom is 0.120 e. The Kier molecular flexibility index (Phi) is 2.88. The van der Waals surface area contributed by atoms with Crippen LogP contribution in [0.15, 0.2) is 18.2 Å². The van der Waals surface area contributed by atoms with Gasteiger partial charge >= 0.3 is 0 Å². The summed E-state index contributed by atoms with van der Waals surface area (Å²) in [6.07, 6.45) is 0. The summed E-state index contributed by atoms with van der Waals surface area (Å²) in [5, 5.41) is 1.35. The first-order chi connectivity index (χ1) is 7.63. The van der Waals surface area contributed by atoms with Crippen LogP contribution < -0.4 is 10.5 Å². The van der Waals surface area contributed by atoms with E-state index in [0.717, 1.165) is 22.3 Å². The number of anilines is 1. The largest absolute Gasteiger partial charge is 0.494 e. The second kappa shape index (κ2) is 4.18. The summed E-state index contributed by atoms with van der Waals surface area (Å²) in [5.74, 6) is 0.781. The normalized spacial score (nSPS) is 10.7. The Balaban J connectivity index is 2.68. The third-order valence-electron chi connectivity index (χ3n) is 2.41. The van der Waals surface area contributed by atoms with Crippen molar-refractivity contribution in [2.24, 2.45) is 0 Å². The fraction of sp³-hybridized carbons (Fsp3) is 0.250. The molecule has 1 heterocycles. The number of nitrogens with two attached hydrogens (primary N) is 1. The molecule has 0 atom stereocenters. The fourth-order valence-electron chi connectivity index (χ4n) is 1.63. The minimum Gasteiger partial charge on any atom is -0.494 e. The third-order valence-corrected chi connectivity index (χ3v) is 2.89. The van der Waals surface area contributed by atoms with Crippen LogP contribution in [0.4, 0.5) is 5.69 Å². The molecule has 0 aliphatic carbocycles. The Morgan fingerprint density at radius 3 is 2.88 bits per heavy atom. The number of hydrogen-bond acceptors (Lipinski definition) is 3. The van der Waals surface area contributed by atoms with E-state index in [1.165, 1.54) is 0 Å². The predicted molar refractivity (Wildman–Crippen MR) is 67.1 cm³/mol. The van der Waals surface area contributed by atoms with Crippen molar-refractivity contribution in [1.29, 1.82) is 0 Å². The topological polar surface area (TPSA) is 48.1 Å². The second-order valence-electron chi connectivity index (χ2n) is 3.54. The smallest absolute Gasteiger partial charge is 0.120 e. The van der Waals surface area contributed by atoms with Gasteiger partial charge in [-0.2, -0.15) is 0 Å². The van der Waals surface area contributed by atoms with Crippen molar-refractivity contribution >= 4 is 28.2 Å². The average Bonchev–Trinajstić information content (AvgIpc) is 2.28. The van der Waals surface area contributed by atoms with Crippen molar-refractivity contribution in [3.8, 4) is 5.75 Å². The first kappa shape index (κ1) is 11.0. The molecule has 0 spiro atoms. The van der Waals surface area contributed by atoms with Crippen LogP contribution >= 0.6 is 11.6 Å². The molecule has 16 heavy (non-hydrogen) atoms. The summed E-state index contributed by atoms with van der Waals surface area (Å²) in [6, 6.07) is 5.64. The van der Waals surface area contributed by atoms with Gasteiger partial charge in [-0.05, 0) is 32.0 Å². The van der Waals surface area contributed by atoms with Crippen LogP contribution in [-0.4, -0.2) is 11.6 Å². The number of pyridine rings is 1. The molecule has 0 radical (unpaired) electrons. The molecule has 84 valence electrons. The number of aromatic nitrogens is 1. The van der Waals surface area contributed by atoms with Gasteiger partial charge in [-0.15, -0.1) is 0 Å². The van der Waals surface area contributed by atoms with E-state index in [0.29, 0.717) is 17.3 Å². The summed E-state index contributed by atoms with van der Waals surface area (Å²) in [7, 11) is 0. The zero-order valence-corrected chi connectivity index (χ0v) is 10.0. The monoisotopic (exact) mass is 236 g/mol. The molecule has 0 saturated carbocycles. The van der Waals surface area contributed by atoms with Crippen molar-refractivity contribution in [3.63, 3.8) is 0 Å². The van der Waals surface area contributed by atoms with Crippen LogP contribution in [-0.2, 0) is 0 Å². The Labute approximate surface area is 99.2 Å². The van der Waals surface area contributed by atoms with Gasteiger partial charge in [0.25, 0.3) is 0 Å². The van der Waals surface area contributed by atoms with Crippen LogP contribution in [0.25, 0.3) is 10.9 Å².